The molecule has 0 aliphatic rings. The smallest absolute Gasteiger partial charge is 0.272 e. The number of rotatable bonds is 6. The van der Waals surface area contributed by atoms with Crippen LogP contribution in [0.25, 0.3) is 16.9 Å². The van der Waals surface area contributed by atoms with Crippen molar-refractivity contribution in [2.45, 2.75) is 33.2 Å². The second-order valence-corrected chi connectivity index (χ2v) is 9.60. The summed E-state index contributed by atoms with van der Waals surface area (Å²) in [6.45, 7) is 8.87. The van der Waals surface area contributed by atoms with Crippen molar-refractivity contribution in [2.24, 2.45) is 5.73 Å². The number of benzene rings is 2. The van der Waals surface area contributed by atoms with Gasteiger partial charge in [0.2, 0.25) is 0 Å². The van der Waals surface area contributed by atoms with Crippen LogP contribution >= 0.6 is 23.2 Å². The molecule has 8 heteroatoms. The minimum Gasteiger partial charge on any atom is -0.367 e. The van der Waals surface area contributed by atoms with E-state index in [4.69, 9.17) is 33.7 Å². The Morgan fingerprint density at radius 2 is 1.88 bits per heavy atom. The molecular formula is C26H28Cl2N4O2. The van der Waals surface area contributed by atoms with Crippen molar-refractivity contribution in [3.8, 4) is 28.8 Å². The first-order valence-electron chi connectivity index (χ1n) is 10.9. The van der Waals surface area contributed by atoms with Gasteiger partial charge in [0, 0.05) is 33.8 Å². The zero-order valence-corrected chi connectivity index (χ0v) is 21.2. The normalized spacial score (nSPS) is 11.1. The Morgan fingerprint density at radius 1 is 1.18 bits per heavy atom. The third-order valence-corrected chi connectivity index (χ3v) is 5.34. The number of hydrogen-bond acceptors (Lipinski definition) is 4. The molecule has 0 unspecified atom stereocenters. The van der Waals surface area contributed by atoms with Gasteiger partial charge >= 0.3 is 0 Å². The van der Waals surface area contributed by atoms with E-state index >= 15 is 0 Å². The molecule has 0 saturated carbocycles. The lowest BCUT2D eigenvalue weighted by molar-refractivity contribution is 0.0913. The zero-order chi connectivity index (χ0) is 24.9. The number of carbonyl (C=O) groups is 1. The Bertz CT molecular complexity index is 1230. The van der Waals surface area contributed by atoms with Crippen LogP contribution in [0.2, 0.25) is 10.0 Å². The minimum atomic E-state index is -0.403. The topological polar surface area (TPSA) is 82.2 Å². The molecule has 0 aliphatic carbocycles. The Labute approximate surface area is 210 Å². The number of aromatic nitrogens is 2. The first kappa shape index (κ1) is 25.8. The summed E-state index contributed by atoms with van der Waals surface area (Å²) < 4.78 is 6.98. The van der Waals surface area contributed by atoms with Gasteiger partial charge in [0.15, 0.2) is 5.69 Å². The molecule has 1 amide bonds. The molecule has 0 atom stereocenters. The number of halogens is 2. The predicted molar refractivity (Wildman–Crippen MR) is 138 cm³/mol. The summed E-state index contributed by atoms with van der Waals surface area (Å²) in [6, 6.07) is 12.8. The average molecular weight is 499 g/mol. The molecule has 3 aromatic rings. The van der Waals surface area contributed by atoms with Crippen LogP contribution in [0.3, 0.4) is 0 Å². The fourth-order valence-corrected chi connectivity index (χ4v) is 3.72. The van der Waals surface area contributed by atoms with Crippen LogP contribution in [0.4, 0.5) is 0 Å². The number of nitrogens with two attached hydrogens (primary N) is 1. The van der Waals surface area contributed by atoms with E-state index in [2.05, 4.69) is 22.3 Å². The van der Waals surface area contributed by atoms with Gasteiger partial charge in [0.25, 0.3) is 5.91 Å². The summed E-state index contributed by atoms with van der Waals surface area (Å²) in [5, 5.41) is 8.73. The third kappa shape index (κ3) is 6.40. The Balaban J connectivity index is 2.06. The third-order valence-electron chi connectivity index (χ3n) is 4.79. The number of carbonyl (C=O) groups excluding carboxylic acids is 1. The summed E-state index contributed by atoms with van der Waals surface area (Å²) in [5.74, 6) is 5.71. The zero-order valence-electron chi connectivity index (χ0n) is 19.7. The van der Waals surface area contributed by atoms with E-state index in [1.807, 2.05) is 52.0 Å². The number of ether oxygens (including phenoxy) is 1. The maximum atomic E-state index is 13.0. The van der Waals surface area contributed by atoms with E-state index in [0.717, 1.165) is 22.4 Å². The summed E-state index contributed by atoms with van der Waals surface area (Å²) >= 11 is 12.8. The monoisotopic (exact) mass is 498 g/mol. The molecular weight excluding hydrogens is 471 g/mol. The first-order valence-corrected chi connectivity index (χ1v) is 11.6. The average Bonchev–Trinajstić information content (AvgIpc) is 3.10. The van der Waals surface area contributed by atoms with Crippen LogP contribution in [0, 0.1) is 18.8 Å². The van der Waals surface area contributed by atoms with E-state index in [0.29, 0.717) is 41.2 Å². The number of nitrogens with zero attached hydrogens (tertiary/aromatic N) is 2. The Morgan fingerprint density at radius 3 is 2.50 bits per heavy atom. The first-order chi connectivity index (χ1) is 16.1. The van der Waals surface area contributed by atoms with Gasteiger partial charge in [-0.05, 0) is 58.0 Å². The number of amides is 1. The van der Waals surface area contributed by atoms with Gasteiger partial charge in [0.1, 0.15) is 6.61 Å². The maximum Gasteiger partial charge on any atom is 0.272 e. The van der Waals surface area contributed by atoms with E-state index < -0.39 is 5.54 Å². The number of nitrogens with one attached hydrogen (secondary N) is 1. The fraction of sp³-hybridized carbons (Fsp3) is 0.308. The van der Waals surface area contributed by atoms with Crippen molar-refractivity contribution in [1.29, 1.82) is 0 Å². The summed E-state index contributed by atoms with van der Waals surface area (Å²) in [5.41, 5.74) is 9.07. The highest BCUT2D eigenvalue weighted by atomic mass is 35.5. The lowest BCUT2D eigenvalue weighted by atomic mass is 10.0. The van der Waals surface area contributed by atoms with Crippen LogP contribution in [0.5, 0.6) is 0 Å². The van der Waals surface area contributed by atoms with Crippen LogP contribution in [0.15, 0.2) is 42.5 Å². The molecule has 0 saturated heterocycles. The molecule has 0 aliphatic heterocycles. The minimum absolute atomic E-state index is 0.255. The van der Waals surface area contributed by atoms with Crippen LogP contribution in [0.1, 0.15) is 42.4 Å². The number of hydrogen-bond donors (Lipinski definition) is 2. The maximum absolute atomic E-state index is 13.0. The van der Waals surface area contributed by atoms with Gasteiger partial charge in [-0.2, -0.15) is 5.10 Å². The van der Waals surface area contributed by atoms with Crippen molar-refractivity contribution in [3.05, 3.63) is 69.3 Å². The van der Waals surface area contributed by atoms with E-state index in [1.54, 1.807) is 22.9 Å². The molecule has 1 aromatic heterocycles. The molecule has 0 spiro atoms. The molecule has 1 heterocycles. The Hall–Kier alpha value is -2.82. The van der Waals surface area contributed by atoms with Crippen molar-refractivity contribution < 1.29 is 9.53 Å². The van der Waals surface area contributed by atoms with Gasteiger partial charge < -0.3 is 15.8 Å². The lowest BCUT2D eigenvalue weighted by Crippen LogP contribution is -2.41. The molecule has 3 N–H and O–H groups in total. The molecule has 0 bridgehead atoms. The highest BCUT2D eigenvalue weighted by Gasteiger charge is 2.25. The predicted octanol–water partition coefficient (Wildman–Crippen LogP) is 5.01. The van der Waals surface area contributed by atoms with Gasteiger partial charge in [0.05, 0.1) is 23.0 Å². The van der Waals surface area contributed by atoms with Gasteiger partial charge in [-0.1, -0.05) is 47.2 Å². The molecule has 2 aromatic carbocycles. The summed E-state index contributed by atoms with van der Waals surface area (Å²) in [7, 11) is 0. The molecule has 3 rings (SSSR count). The molecule has 34 heavy (non-hydrogen) atoms. The highest BCUT2D eigenvalue weighted by molar-refractivity contribution is 6.32. The van der Waals surface area contributed by atoms with E-state index in [1.165, 1.54) is 0 Å². The van der Waals surface area contributed by atoms with Gasteiger partial charge in [-0.15, -0.1) is 0 Å². The van der Waals surface area contributed by atoms with E-state index in [9.17, 15) is 4.79 Å². The summed E-state index contributed by atoms with van der Waals surface area (Å²) in [4.78, 5) is 13.0. The van der Waals surface area contributed by atoms with Crippen LogP contribution in [-0.4, -0.2) is 41.0 Å². The molecule has 178 valence electrons. The van der Waals surface area contributed by atoms with Crippen LogP contribution < -0.4 is 11.1 Å². The SMILES string of the molecule is Cc1c(C(=O)NC(C)(C)C)nn(-c2ccc(C#CCOCCN)cc2Cl)c1-c1ccc(Cl)cc1. The molecule has 6 nitrogen and oxygen atoms in total. The van der Waals surface area contributed by atoms with Crippen molar-refractivity contribution in [1.82, 2.24) is 15.1 Å². The van der Waals surface area contributed by atoms with Crippen molar-refractivity contribution in [3.63, 3.8) is 0 Å². The van der Waals surface area contributed by atoms with Gasteiger partial charge in [-0.3, -0.25) is 4.79 Å². The second kappa shape index (κ2) is 11.1. The standard InChI is InChI=1S/C26H28Cl2N4O2/c1-17-23(25(33)30-26(2,3)4)31-32(24(17)19-8-10-20(27)11-9-19)22-12-7-18(16-21(22)28)6-5-14-34-15-13-29/h7-12,16H,13-15,29H2,1-4H3,(H,30,33). The van der Waals surface area contributed by atoms with Crippen molar-refractivity contribution >= 4 is 29.1 Å². The molecule has 0 fully saturated rings. The van der Waals surface area contributed by atoms with E-state index in [-0.39, 0.29) is 5.91 Å². The summed E-state index contributed by atoms with van der Waals surface area (Å²) in [6.07, 6.45) is 0. The fourth-order valence-electron chi connectivity index (χ4n) is 3.33. The highest BCUT2D eigenvalue weighted by Crippen LogP contribution is 2.32. The second-order valence-electron chi connectivity index (χ2n) is 8.75. The van der Waals surface area contributed by atoms with Crippen LogP contribution in [-0.2, 0) is 4.74 Å². The van der Waals surface area contributed by atoms with Gasteiger partial charge in [-0.25, -0.2) is 4.68 Å². The quantitative estimate of drug-likeness (QED) is 0.369. The largest absolute Gasteiger partial charge is 0.367 e. The Kier molecular flexibility index (Phi) is 8.40. The lowest BCUT2D eigenvalue weighted by Gasteiger charge is -2.19. The van der Waals surface area contributed by atoms with Crippen molar-refractivity contribution in [2.75, 3.05) is 19.8 Å². The molecule has 0 radical (unpaired) electrons.